The van der Waals surface area contributed by atoms with Crippen molar-refractivity contribution in [2.75, 3.05) is 24.6 Å². The smallest absolute Gasteiger partial charge is 0.251 e. The Morgan fingerprint density at radius 1 is 1.17 bits per heavy atom. The highest BCUT2D eigenvalue weighted by Gasteiger charge is 2.17. The molecule has 1 aliphatic heterocycles. The maximum Gasteiger partial charge on any atom is 0.251 e. The summed E-state index contributed by atoms with van der Waals surface area (Å²) < 4.78 is 5.24. The molecule has 2 N–H and O–H groups in total. The van der Waals surface area contributed by atoms with Crippen molar-refractivity contribution in [2.24, 2.45) is 0 Å². The van der Waals surface area contributed by atoms with E-state index in [1.54, 1.807) is 12.1 Å². The number of aliphatic hydroxyl groups is 1. The second-order valence-electron chi connectivity index (χ2n) is 5.82. The van der Waals surface area contributed by atoms with Gasteiger partial charge < -0.3 is 19.7 Å². The molecule has 0 aliphatic carbocycles. The Morgan fingerprint density at radius 3 is 2.52 bits per heavy atom. The van der Waals surface area contributed by atoms with Crippen LogP contribution in [0.4, 0.5) is 5.69 Å². The lowest BCUT2D eigenvalue weighted by atomic mass is 10.1. The quantitative estimate of drug-likeness (QED) is 0.890. The molecule has 1 aromatic carbocycles. The summed E-state index contributed by atoms with van der Waals surface area (Å²) >= 11 is 0. The molecular formula is C18H22N2O3. The van der Waals surface area contributed by atoms with Crippen LogP contribution in [0.2, 0.25) is 0 Å². The number of hydrogen-bond donors (Lipinski definition) is 2. The number of amides is 1. The van der Waals surface area contributed by atoms with Gasteiger partial charge in [0.25, 0.3) is 5.91 Å². The van der Waals surface area contributed by atoms with Crippen molar-refractivity contribution in [1.82, 2.24) is 5.32 Å². The minimum atomic E-state index is -0.528. The number of nitrogens with zero attached hydrogens (tertiary/aromatic N) is 1. The first kappa shape index (κ1) is 15.6. The van der Waals surface area contributed by atoms with E-state index in [2.05, 4.69) is 10.2 Å². The average molecular weight is 314 g/mol. The largest absolute Gasteiger partial charge is 0.467 e. The molecule has 1 unspecified atom stereocenters. The first-order valence-electron chi connectivity index (χ1n) is 8.08. The van der Waals surface area contributed by atoms with Gasteiger partial charge in [0.05, 0.1) is 12.9 Å². The zero-order valence-corrected chi connectivity index (χ0v) is 13.1. The number of hydrogen-bond acceptors (Lipinski definition) is 4. The summed E-state index contributed by atoms with van der Waals surface area (Å²) in [7, 11) is 0. The molecule has 1 fully saturated rings. The number of benzene rings is 1. The van der Waals surface area contributed by atoms with E-state index < -0.39 is 6.04 Å². The standard InChI is InChI=1S/C18H22N2O3/c21-13-16(17-5-4-12-23-17)19-18(22)14-6-8-15(9-7-14)20-10-2-1-3-11-20/h4-9,12,16,21H,1-3,10-11,13H2,(H,19,22). The van der Waals surface area contributed by atoms with Gasteiger partial charge in [-0.1, -0.05) is 0 Å². The molecule has 0 radical (unpaired) electrons. The van der Waals surface area contributed by atoms with Crippen LogP contribution in [0, 0.1) is 0 Å². The van der Waals surface area contributed by atoms with Crippen molar-refractivity contribution in [3.8, 4) is 0 Å². The van der Waals surface area contributed by atoms with Gasteiger partial charge in [-0.3, -0.25) is 4.79 Å². The lowest BCUT2D eigenvalue weighted by Gasteiger charge is -2.28. The third-order valence-corrected chi connectivity index (χ3v) is 4.23. The molecule has 3 rings (SSSR count). The van der Waals surface area contributed by atoms with E-state index in [0.717, 1.165) is 18.8 Å². The Bertz CT molecular complexity index is 616. The van der Waals surface area contributed by atoms with E-state index in [0.29, 0.717) is 11.3 Å². The van der Waals surface area contributed by atoms with Crippen LogP contribution >= 0.6 is 0 Å². The van der Waals surface area contributed by atoms with E-state index in [-0.39, 0.29) is 12.5 Å². The summed E-state index contributed by atoms with van der Waals surface area (Å²) in [5.41, 5.74) is 1.74. The lowest BCUT2D eigenvalue weighted by molar-refractivity contribution is 0.0907. The van der Waals surface area contributed by atoms with Crippen molar-refractivity contribution in [1.29, 1.82) is 0 Å². The Morgan fingerprint density at radius 2 is 1.91 bits per heavy atom. The monoisotopic (exact) mass is 314 g/mol. The molecule has 2 aromatic rings. The molecule has 2 heterocycles. The van der Waals surface area contributed by atoms with E-state index >= 15 is 0 Å². The third-order valence-electron chi connectivity index (χ3n) is 4.23. The molecule has 1 saturated heterocycles. The van der Waals surface area contributed by atoms with E-state index in [4.69, 9.17) is 4.42 Å². The number of nitrogens with one attached hydrogen (secondary N) is 1. The van der Waals surface area contributed by atoms with Crippen LogP contribution in [0.25, 0.3) is 0 Å². The van der Waals surface area contributed by atoms with Gasteiger partial charge in [0, 0.05) is 24.3 Å². The number of rotatable bonds is 5. The number of carbonyl (C=O) groups excluding carboxylic acids is 1. The number of furan rings is 1. The van der Waals surface area contributed by atoms with Crippen LogP contribution in [-0.4, -0.2) is 30.7 Å². The molecule has 1 aliphatic rings. The van der Waals surface area contributed by atoms with Crippen molar-refractivity contribution >= 4 is 11.6 Å². The van der Waals surface area contributed by atoms with Crippen molar-refractivity contribution in [3.63, 3.8) is 0 Å². The summed E-state index contributed by atoms with van der Waals surface area (Å²) in [5.74, 6) is 0.330. The van der Waals surface area contributed by atoms with Gasteiger partial charge in [-0.15, -0.1) is 0 Å². The highest BCUT2D eigenvalue weighted by atomic mass is 16.3. The minimum Gasteiger partial charge on any atom is -0.467 e. The van der Waals surface area contributed by atoms with Crippen molar-refractivity contribution < 1.29 is 14.3 Å². The van der Waals surface area contributed by atoms with Gasteiger partial charge in [-0.25, -0.2) is 0 Å². The van der Waals surface area contributed by atoms with Gasteiger partial charge in [0.1, 0.15) is 11.8 Å². The fraction of sp³-hybridized carbons (Fsp3) is 0.389. The van der Waals surface area contributed by atoms with Gasteiger partial charge in [-0.2, -0.15) is 0 Å². The van der Waals surface area contributed by atoms with Crippen molar-refractivity contribution in [2.45, 2.75) is 25.3 Å². The van der Waals surface area contributed by atoms with Crippen LogP contribution in [0.5, 0.6) is 0 Å². The molecule has 5 nitrogen and oxygen atoms in total. The van der Waals surface area contributed by atoms with Crippen LogP contribution in [0.1, 0.15) is 41.4 Å². The predicted molar refractivity (Wildman–Crippen MR) is 88.5 cm³/mol. The van der Waals surface area contributed by atoms with Gasteiger partial charge in [0.2, 0.25) is 0 Å². The predicted octanol–water partition coefficient (Wildman–Crippen LogP) is 2.73. The highest BCUT2D eigenvalue weighted by Crippen LogP contribution is 2.20. The average Bonchev–Trinajstić information content (AvgIpc) is 3.15. The molecule has 0 spiro atoms. The zero-order valence-electron chi connectivity index (χ0n) is 13.1. The Hall–Kier alpha value is -2.27. The minimum absolute atomic E-state index is 0.203. The molecule has 122 valence electrons. The summed E-state index contributed by atoms with van der Waals surface area (Å²) in [6.45, 7) is 1.96. The molecule has 1 aromatic heterocycles. The van der Waals surface area contributed by atoms with E-state index in [9.17, 15) is 9.90 Å². The Balaban J connectivity index is 1.65. The highest BCUT2D eigenvalue weighted by molar-refractivity contribution is 5.94. The van der Waals surface area contributed by atoms with Crippen molar-refractivity contribution in [3.05, 3.63) is 54.0 Å². The normalized spacial score (nSPS) is 16.1. The third kappa shape index (κ3) is 3.74. The summed E-state index contributed by atoms with van der Waals surface area (Å²) in [6.07, 6.45) is 5.27. The molecule has 1 amide bonds. The lowest BCUT2D eigenvalue weighted by Crippen LogP contribution is -2.31. The maximum atomic E-state index is 12.3. The molecule has 0 bridgehead atoms. The first-order valence-corrected chi connectivity index (χ1v) is 8.08. The van der Waals surface area contributed by atoms with Gasteiger partial charge in [-0.05, 0) is 55.7 Å². The van der Waals surface area contributed by atoms with Gasteiger partial charge in [0.15, 0.2) is 0 Å². The summed E-state index contributed by atoms with van der Waals surface area (Å²) in [4.78, 5) is 14.7. The maximum absolute atomic E-state index is 12.3. The zero-order chi connectivity index (χ0) is 16.1. The number of aliphatic hydroxyl groups excluding tert-OH is 1. The summed E-state index contributed by atoms with van der Waals surface area (Å²) in [6, 6.07) is 10.6. The van der Waals surface area contributed by atoms with Crippen LogP contribution < -0.4 is 10.2 Å². The molecule has 5 heteroatoms. The molecule has 0 saturated carbocycles. The fourth-order valence-corrected chi connectivity index (χ4v) is 2.91. The Labute approximate surface area is 135 Å². The number of piperidine rings is 1. The Kier molecular flexibility index (Phi) is 4.98. The molecular weight excluding hydrogens is 292 g/mol. The molecule has 23 heavy (non-hydrogen) atoms. The SMILES string of the molecule is O=C(NC(CO)c1ccco1)c1ccc(N2CCCCC2)cc1. The van der Waals surface area contributed by atoms with Crippen LogP contribution in [0.3, 0.4) is 0 Å². The van der Waals surface area contributed by atoms with Gasteiger partial charge >= 0.3 is 0 Å². The van der Waals surface area contributed by atoms with E-state index in [1.807, 2.05) is 24.3 Å². The summed E-state index contributed by atoms with van der Waals surface area (Å²) in [5, 5.41) is 12.2. The first-order chi connectivity index (χ1) is 11.3. The van der Waals surface area contributed by atoms with E-state index in [1.165, 1.54) is 25.5 Å². The fourth-order valence-electron chi connectivity index (χ4n) is 2.91. The number of carbonyl (C=O) groups is 1. The second-order valence-corrected chi connectivity index (χ2v) is 5.82. The molecule has 1 atom stereocenters. The number of anilines is 1. The van der Waals surface area contributed by atoms with Crippen LogP contribution in [-0.2, 0) is 0 Å². The van der Waals surface area contributed by atoms with Crippen LogP contribution in [0.15, 0.2) is 47.1 Å². The topological polar surface area (TPSA) is 65.7 Å². The second kappa shape index (κ2) is 7.33.